The number of carbonyl (C=O) groups is 1. The number of fused-ring (bicyclic) bond motifs is 2. The molecule has 2 unspecified atom stereocenters. The van der Waals surface area contributed by atoms with Crippen LogP contribution >= 0.6 is 0 Å². The highest BCUT2D eigenvalue weighted by atomic mass is 16.6. The Morgan fingerprint density at radius 1 is 1.24 bits per heavy atom. The summed E-state index contributed by atoms with van der Waals surface area (Å²) in [6, 6.07) is 8.36. The summed E-state index contributed by atoms with van der Waals surface area (Å²) in [7, 11) is 0. The number of anilines is 2. The molecule has 0 aliphatic carbocycles. The summed E-state index contributed by atoms with van der Waals surface area (Å²) in [6.07, 6.45) is 0.868. The van der Waals surface area contributed by atoms with Gasteiger partial charge in [-0.25, -0.2) is 4.79 Å². The topological polar surface area (TPSA) is 58.8 Å². The summed E-state index contributed by atoms with van der Waals surface area (Å²) in [4.78, 5) is 16.4. The van der Waals surface area contributed by atoms with E-state index in [4.69, 9.17) is 10.5 Å². The lowest BCUT2D eigenvalue weighted by molar-refractivity contribution is -0.0379. The summed E-state index contributed by atoms with van der Waals surface area (Å²) in [5.74, 6) is 0. The summed E-state index contributed by atoms with van der Waals surface area (Å²) < 4.78 is 5.49. The standard InChI is InChI=1S/C16H23N3O2/c1-16(2,3)21-15(20)19-11-8-12(19)10-18(9-11)14-7-5-4-6-13(14)17/h4-7,11-12H,8-10,17H2,1-3H3. The quantitative estimate of drug-likeness (QED) is 0.807. The van der Waals surface area contributed by atoms with Gasteiger partial charge >= 0.3 is 6.09 Å². The molecular weight excluding hydrogens is 266 g/mol. The van der Waals surface area contributed by atoms with Crippen LogP contribution in [0, 0.1) is 0 Å². The van der Waals surface area contributed by atoms with Crippen LogP contribution in [-0.2, 0) is 4.74 Å². The second-order valence-corrected chi connectivity index (χ2v) is 6.89. The van der Waals surface area contributed by atoms with Gasteiger partial charge in [-0.1, -0.05) is 12.1 Å². The summed E-state index contributed by atoms with van der Waals surface area (Å²) in [5.41, 5.74) is 7.46. The molecule has 0 aromatic heterocycles. The first-order valence-electron chi connectivity index (χ1n) is 7.46. The van der Waals surface area contributed by atoms with Gasteiger partial charge in [-0.05, 0) is 39.3 Å². The molecule has 2 N–H and O–H groups in total. The molecule has 3 aliphatic rings. The van der Waals surface area contributed by atoms with Crippen molar-refractivity contribution in [1.82, 2.24) is 4.90 Å². The van der Waals surface area contributed by atoms with E-state index in [0.717, 1.165) is 30.9 Å². The van der Waals surface area contributed by atoms with E-state index in [2.05, 4.69) is 4.90 Å². The second-order valence-electron chi connectivity index (χ2n) is 6.89. The van der Waals surface area contributed by atoms with Crippen molar-refractivity contribution in [3.05, 3.63) is 24.3 Å². The molecule has 3 fully saturated rings. The van der Waals surface area contributed by atoms with E-state index in [1.807, 2.05) is 49.9 Å². The molecule has 1 amide bonds. The van der Waals surface area contributed by atoms with Crippen molar-refractivity contribution in [1.29, 1.82) is 0 Å². The van der Waals surface area contributed by atoms with Crippen LogP contribution < -0.4 is 10.6 Å². The van der Waals surface area contributed by atoms with Crippen molar-refractivity contribution in [3.63, 3.8) is 0 Å². The number of benzene rings is 1. The van der Waals surface area contributed by atoms with E-state index < -0.39 is 5.60 Å². The normalized spacial score (nSPS) is 24.5. The minimum Gasteiger partial charge on any atom is -0.444 e. The highest BCUT2D eigenvalue weighted by Gasteiger charge is 2.48. The molecule has 1 aromatic carbocycles. The number of ether oxygens (including phenoxy) is 1. The van der Waals surface area contributed by atoms with Gasteiger partial charge in [-0.15, -0.1) is 0 Å². The van der Waals surface area contributed by atoms with E-state index in [1.165, 1.54) is 0 Å². The zero-order valence-corrected chi connectivity index (χ0v) is 12.9. The summed E-state index contributed by atoms with van der Waals surface area (Å²) >= 11 is 0. The first-order valence-corrected chi connectivity index (χ1v) is 7.46. The Labute approximate surface area is 125 Å². The average molecular weight is 289 g/mol. The van der Waals surface area contributed by atoms with Gasteiger partial charge in [0, 0.05) is 13.1 Å². The Morgan fingerprint density at radius 2 is 1.86 bits per heavy atom. The lowest BCUT2D eigenvalue weighted by Gasteiger charge is -2.56. The van der Waals surface area contributed by atoms with E-state index >= 15 is 0 Å². The Hall–Kier alpha value is -1.91. The van der Waals surface area contributed by atoms with Crippen molar-refractivity contribution in [2.45, 2.75) is 44.9 Å². The third-order valence-electron chi connectivity index (χ3n) is 4.07. The molecule has 5 nitrogen and oxygen atoms in total. The third-order valence-corrected chi connectivity index (χ3v) is 4.07. The van der Waals surface area contributed by atoms with Crippen LogP contribution in [0.15, 0.2) is 24.3 Å². The number of para-hydroxylation sites is 2. The molecule has 0 saturated carbocycles. The van der Waals surface area contributed by atoms with Crippen LogP contribution in [0.4, 0.5) is 16.2 Å². The number of nitrogens with zero attached hydrogens (tertiary/aromatic N) is 2. The van der Waals surface area contributed by atoms with Crippen molar-refractivity contribution >= 4 is 17.5 Å². The van der Waals surface area contributed by atoms with Crippen molar-refractivity contribution in [3.8, 4) is 0 Å². The predicted molar refractivity (Wildman–Crippen MR) is 83.3 cm³/mol. The fraction of sp³-hybridized carbons (Fsp3) is 0.562. The minimum absolute atomic E-state index is 0.190. The number of hydrogen-bond donors (Lipinski definition) is 1. The number of nitrogen functional groups attached to an aromatic ring is 1. The van der Waals surface area contributed by atoms with Crippen LogP contribution in [0.25, 0.3) is 0 Å². The SMILES string of the molecule is CC(C)(C)OC(=O)N1C2CC1CN(c1ccccc1N)C2. The maximum atomic E-state index is 12.2. The van der Waals surface area contributed by atoms with Crippen LogP contribution in [0.1, 0.15) is 27.2 Å². The maximum absolute atomic E-state index is 12.2. The smallest absolute Gasteiger partial charge is 0.410 e. The number of amides is 1. The lowest BCUT2D eigenvalue weighted by Crippen LogP contribution is -2.70. The molecule has 3 heterocycles. The first kappa shape index (κ1) is 14.0. The maximum Gasteiger partial charge on any atom is 0.410 e. The van der Waals surface area contributed by atoms with Gasteiger partial charge in [-0.2, -0.15) is 0 Å². The Bertz CT molecular complexity index is 541. The van der Waals surface area contributed by atoms with Crippen molar-refractivity contribution in [2.24, 2.45) is 0 Å². The Kier molecular flexibility index (Phi) is 3.23. The number of nitrogens with two attached hydrogens (primary N) is 1. The number of piperazine rings is 1. The van der Waals surface area contributed by atoms with Gasteiger partial charge in [0.05, 0.1) is 23.5 Å². The molecule has 4 rings (SSSR count). The molecule has 114 valence electrons. The third kappa shape index (κ3) is 2.64. The zero-order valence-electron chi connectivity index (χ0n) is 12.9. The van der Waals surface area contributed by atoms with Crippen LogP contribution in [0.5, 0.6) is 0 Å². The number of carbonyl (C=O) groups excluding carboxylic acids is 1. The van der Waals surface area contributed by atoms with Crippen molar-refractivity contribution in [2.75, 3.05) is 23.7 Å². The Morgan fingerprint density at radius 3 is 2.43 bits per heavy atom. The summed E-state index contributed by atoms with van der Waals surface area (Å²) in [5, 5.41) is 0. The van der Waals surface area contributed by atoms with Gasteiger partial charge in [0.2, 0.25) is 0 Å². The van der Waals surface area contributed by atoms with Gasteiger partial charge in [-0.3, -0.25) is 4.90 Å². The molecule has 0 radical (unpaired) electrons. The molecule has 5 heteroatoms. The van der Waals surface area contributed by atoms with Crippen molar-refractivity contribution < 1.29 is 9.53 Å². The lowest BCUT2D eigenvalue weighted by atomic mass is 9.87. The molecule has 0 spiro atoms. The predicted octanol–water partition coefficient (Wildman–Crippen LogP) is 2.47. The van der Waals surface area contributed by atoms with E-state index in [1.54, 1.807) is 0 Å². The van der Waals surface area contributed by atoms with Gasteiger partial charge in [0.25, 0.3) is 0 Å². The molecular formula is C16H23N3O2. The highest BCUT2D eigenvalue weighted by Crippen LogP contribution is 2.37. The molecule has 1 aromatic rings. The molecule has 3 aliphatic heterocycles. The molecule has 2 atom stereocenters. The van der Waals surface area contributed by atoms with Crippen LogP contribution in [0.3, 0.4) is 0 Å². The van der Waals surface area contributed by atoms with Gasteiger partial charge in [0.15, 0.2) is 0 Å². The van der Waals surface area contributed by atoms with E-state index in [-0.39, 0.29) is 18.2 Å². The van der Waals surface area contributed by atoms with E-state index in [0.29, 0.717) is 0 Å². The first-order chi connectivity index (χ1) is 9.85. The number of piperidine rings is 1. The molecule has 3 saturated heterocycles. The van der Waals surface area contributed by atoms with Gasteiger partial charge in [0.1, 0.15) is 5.60 Å². The van der Waals surface area contributed by atoms with Gasteiger partial charge < -0.3 is 15.4 Å². The fourth-order valence-electron chi connectivity index (χ4n) is 3.19. The highest BCUT2D eigenvalue weighted by molar-refractivity contribution is 5.73. The van der Waals surface area contributed by atoms with E-state index in [9.17, 15) is 4.79 Å². The fourth-order valence-corrected chi connectivity index (χ4v) is 3.19. The molecule has 21 heavy (non-hydrogen) atoms. The largest absolute Gasteiger partial charge is 0.444 e. The average Bonchev–Trinajstić information content (AvgIpc) is 2.36. The number of rotatable bonds is 1. The second kappa shape index (κ2) is 4.83. The minimum atomic E-state index is -0.440. The monoisotopic (exact) mass is 289 g/mol. The Balaban J connectivity index is 1.68. The molecule has 2 bridgehead atoms. The van der Waals surface area contributed by atoms with Crippen LogP contribution in [0.2, 0.25) is 0 Å². The van der Waals surface area contributed by atoms with Crippen LogP contribution in [-0.4, -0.2) is 41.8 Å². The number of hydrogen-bond acceptors (Lipinski definition) is 4. The zero-order chi connectivity index (χ0) is 15.2. The summed E-state index contributed by atoms with van der Waals surface area (Å²) in [6.45, 7) is 7.35.